The molecule has 0 heterocycles. The first kappa shape index (κ1) is 16.0. The maximum atomic E-state index is 13.5. The molecule has 2 nitrogen and oxygen atoms in total. The summed E-state index contributed by atoms with van der Waals surface area (Å²) in [6.07, 6.45) is 4.38. The second kappa shape index (κ2) is 8.92. The fraction of sp³-hybridized carbons (Fsp3) is 0.625. The molecule has 0 amide bonds. The predicted octanol–water partition coefficient (Wildman–Crippen LogP) is 3.79. The summed E-state index contributed by atoms with van der Waals surface area (Å²) in [5, 5.41) is 3.41. The molecule has 0 aliphatic carbocycles. The Labute approximate surface area is 116 Å². The summed E-state index contributed by atoms with van der Waals surface area (Å²) in [6, 6.07) is 5.24. The number of hydrogen-bond acceptors (Lipinski definition) is 2. The molecule has 1 unspecified atom stereocenters. The van der Waals surface area contributed by atoms with E-state index in [4.69, 9.17) is 4.74 Å². The highest BCUT2D eigenvalue weighted by Crippen LogP contribution is 2.20. The Morgan fingerprint density at radius 1 is 1.26 bits per heavy atom. The van der Waals surface area contributed by atoms with Crippen molar-refractivity contribution in [3.8, 4) is 5.75 Å². The smallest absolute Gasteiger partial charge is 0.165 e. The molecule has 108 valence electrons. The van der Waals surface area contributed by atoms with E-state index in [0.717, 1.165) is 31.5 Å². The third-order valence-corrected chi connectivity index (χ3v) is 3.38. The van der Waals surface area contributed by atoms with Gasteiger partial charge in [-0.15, -0.1) is 0 Å². The van der Waals surface area contributed by atoms with Crippen LogP contribution < -0.4 is 10.1 Å². The molecule has 0 radical (unpaired) electrons. The van der Waals surface area contributed by atoms with Gasteiger partial charge in [0.25, 0.3) is 0 Å². The summed E-state index contributed by atoms with van der Waals surface area (Å²) >= 11 is 0. The van der Waals surface area contributed by atoms with Crippen molar-refractivity contribution in [2.45, 2.75) is 39.5 Å². The Kier molecular flexibility index (Phi) is 7.49. The van der Waals surface area contributed by atoms with Crippen LogP contribution in [0.2, 0.25) is 0 Å². The lowest BCUT2D eigenvalue weighted by Crippen LogP contribution is -2.18. The molecule has 19 heavy (non-hydrogen) atoms. The summed E-state index contributed by atoms with van der Waals surface area (Å²) in [4.78, 5) is 0. The van der Waals surface area contributed by atoms with Crippen LogP contribution in [0.1, 0.15) is 38.7 Å². The molecule has 1 rings (SSSR count). The zero-order valence-corrected chi connectivity index (χ0v) is 12.3. The van der Waals surface area contributed by atoms with E-state index in [0.29, 0.717) is 11.7 Å². The normalized spacial score (nSPS) is 12.4. The van der Waals surface area contributed by atoms with Crippen LogP contribution in [-0.4, -0.2) is 20.2 Å². The van der Waals surface area contributed by atoms with Crippen LogP contribution in [0.3, 0.4) is 0 Å². The largest absolute Gasteiger partial charge is 0.494 e. The van der Waals surface area contributed by atoms with Crippen molar-refractivity contribution < 1.29 is 9.13 Å². The highest BCUT2D eigenvalue weighted by Gasteiger charge is 2.06. The van der Waals surface area contributed by atoms with E-state index in [9.17, 15) is 4.39 Å². The van der Waals surface area contributed by atoms with Gasteiger partial charge in [0, 0.05) is 0 Å². The van der Waals surface area contributed by atoms with Crippen molar-refractivity contribution in [2.24, 2.45) is 5.92 Å². The van der Waals surface area contributed by atoms with Gasteiger partial charge in [-0.25, -0.2) is 4.39 Å². The number of rotatable bonds is 9. The zero-order chi connectivity index (χ0) is 14.1. The molecular weight excluding hydrogens is 241 g/mol. The van der Waals surface area contributed by atoms with Gasteiger partial charge in [-0.1, -0.05) is 19.9 Å². The average molecular weight is 267 g/mol. The predicted molar refractivity (Wildman–Crippen MR) is 78.2 cm³/mol. The van der Waals surface area contributed by atoms with Crippen LogP contribution in [0, 0.1) is 11.7 Å². The molecule has 0 aromatic heterocycles. The van der Waals surface area contributed by atoms with E-state index < -0.39 is 0 Å². The Morgan fingerprint density at radius 2 is 2.05 bits per heavy atom. The topological polar surface area (TPSA) is 21.3 Å². The molecule has 0 spiro atoms. The first-order valence-corrected chi connectivity index (χ1v) is 7.20. The molecular formula is C16H26FNO. The molecule has 1 aromatic carbocycles. The first-order valence-electron chi connectivity index (χ1n) is 7.20. The van der Waals surface area contributed by atoms with E-state index in [1.165, 1.54) is 20.0 Å². The average Bonchev–Trinajstić information content (AvgIpc) is 2.41. The van der Waals surface area contributed by atoms with Gasteiger partial charge >= 0.3 is 0 Å². The van der Waals surface area contributed by atoms with E-state index in [-0.39, 0.29) is 5.82 Å². The molecule has 1 N–H and O–H groups in total. The van der Waals surface area contributed by atoms with Crippen LogP contribution >= 0.6 is 0 Å². The standard InChI is InChI=1S/C16H26FNO/c1-4-10-18-11-9-13(2)5-6-14-7-8-16(19-3)15(17)12-14/h7-8,12-13,18H,4-6,9-11H2,1-3H3. The highest BCUT2D eigenvalue weighted by atomic mass is 19.1. The molecule has 0 aliphatic heterocycles. The molecule has 0 bridgehead atoms. The second-order valence-corrected chi connectivity index (χ2v) is 5.15. The quantitative estimate of drug-likeness (QED) is 0.687. The second-order valence-electron chi connectivity index (χ2n) is 5.15. The molecule has 0 fully saturated rings. The lowest BCUT2D eigenvalue weighted by atomic mass is 9.98. The van der Waals surface area contributed by atoms with Crippen molar-refractivity contribution >= 4 is 0 Å². The monoisotopic (exact) mass is 267 g/mol. The number of halogens is 1. The molecule has 0 saturated carbocycles. The van der Waals surface area contributed by atoms with Crippen LogP contribution in [0.5, 0.6) is 5.75 Å². The van der Waals surface area contributed by atoms with Crippen molar-refractivity contribution in [1.82, 2.24) is 5.32 Å². The fourth-order valence-corrected chi connectivity index (χ4v) is 2.07. The van der Waals surface area contributed by atoms with Crippen LogP contribution in [0.15, 0.2) is 18.2 Å². The minimum atomic E-state index is -0.266. The van der Waals surface area contributed by atoms with Crippen molar-refractivity contribution in [3.05, 3.63) is 29.6 Å². The minimum absolute atomic E-state index is 0.266. The summed E-state index contributed by atoms with van der Waals surface area (Å²) in [7, 11) is 1.49. The number of ether oxygens (including phenoxy) is 1. The van der Waals surface area contributed by atoms with Crippen molar-refractivity contribution in [1.29, 1.82) is 0 Å². The molecule has 3 heteroatoms. The maximum Gasteiger partial charge on any atom is 0.165 e. The van der Waals surface area contributed by atoms with Gasteiger partial charge in [0.1, 0.15) is 0 Å². The van der Waals surface area contributed by atoms with Crippen LogP contribution in [-0.2, 0) is 6.42 Å². The number of benzene rings is 1. The van der Waals surface area contributed by atoms with Crippen LogP contribution in [0.25, 0.3) is 0 Å². The number of methoxy groups -OCH3 is 1. The first-order chi connectivity index (χ1) is 9.17. The van der Waals surface area contributed by atoms with Gasteiger partial charge < -0.3 is 10.1 Å². The maximum absolute atomic E-state index is 13.5. The number of nitrogens with one attached hydrogen (secondary N) is 1. The van der Waals surface area contributed by atoms with E-state index in [1.807, 2.05) is 6.07 Å². The minimum Gasteiger partial charge on any atom is -0.494 e. The van der Waals surface area contributed by atoms with E-state index >= 15 is 0 Å². The molecule has 0 aliphatic rings. The van der Waals surface area contributed by atoms with Gasteiger partial charge in [-0.2, -0.15) is 0 Å². The Hall–Kier alpha value is -1.09. The third kappa shape index (κ3) is 6.06. The van der Waals surface area contributed by atoms with Gasteiger partial charge in [-0.05, 0) is 62.4 Å². The Morgan fingerprint density at radius 3 is 2.68 bits per heavy atom. The summed E-state index contributed by atoms with van der Waals surface area (Å²) in [5.41, 5.74) is 1.05. The lowest BCUT2D eigenvalue weighted by molar-refractivity contribution is 0.386. The van der Waals surface area contributed by atoms with Crippen molar-refractivity contribution in [2.75, 3.05) is 20.2 Å². The summed E-state index contributed by atoms with van der Waals surface area (Å²) < 4.78 is 18.4. The number of hydrogen-bond donors (Lipinski definition) is 1. The molecule has 0 saturated heterocycles. The Bertz CT molecular complexity index is 368. The van der Waals surface area contributed by atoms with E-state index in [2.05, 4.69) is 19.2 Å². The fourth-order valence-electron chi connectivity index (χ4n) is 2.07. The Balaban J connectivity index is 2.29. The molecule has 1 aromatic rings. The van der Waals surface area contributed by atoms with Crippen LogP contribution in [0.4, 0.5) is 4.39 Å². The van der Waals surface area contributed by atoms with Gasteiger partial charge in [0.2, 0.25) is 0 Å². The highest BCUT2D eigenvalue weighted by molar-refractivity contribution is 5.29. The SMILES string of the molecule is CCCNCCC(C)CCc1ccc(OC)c(F)c1. The zero-order valence-electron chi connectivity index (χ0n) is 12.3. The van der Waals surface area contributed by atoms with Gasteiger partial charge in [0.05, 0.1) is 7.11 Å². The van der Waals surface area contributed by atoms with E-state index in [1.54, 1.807) is 12.1 Å². The molecule has 1 atom stereocenters. The number of aryl methyl sites for hydroxylation is 1. The summed E-state index contributed by atoms with van der Waals surface area (Å²) in [5.74, 6) is 0.715. The van der Waals surface area contributed by atoms with Gasteiger partial charge in [-0.3, -0.25) is 0 Å². The lowest BCUT2D eigenvalue weighted by Gasteiger charge is -2.12. The van der Waals surface area contributed by atoms with Gasteiger partial charge in [0.15, 0.2) is 11.6 Å². The third-order valence-electron chi connectivity index (χ3n) is 3.38. The summed E-state index contributed by atoms with van der Waals surface area (Å²) in [6.45, 7) is 6.60. The van der Waals surface area contributed by atoms with Crippen molar-refractivity contribution in [3.63, 3.8) is 0 Å².